The second-order valence-electron chi connectivity index (χ2n) is 8.67. The van der Waals surface area contributed by atoms with Gasteiger partial charge in [-0.3, -0.25) is 13.9 Å². The van der Waals surface area contributed by atoms with Crippen LogP contribution in [0.15, 0.2) is 49.3 Å². The molecule has 210 valence electrons. The quantitative estimate of drug-likeness (QED) is 0.143. The van der Waals surface area contributed by atoms with E-state index in [0.29, 0.717) is 17.0 Å². The highest BCUT2D eigenvalue weighted by Gasteiger charge is 2.45. The van der Waals surface area contributed by atoms with E-state index < -0.39 is 44.1 Å². The van der Waals surface area contributed by atoms with E-state index in [0.717, 1.165) is 0 Å². The number of aliphatic hydroxyl groups excluding tert-OH is 1. The first-order chi connectivity index (χ1) is 18.7. The smallest absolute Gasteiger partial charge is 0.459 e. The predicted molar refractivity (Wildman–Crippen MR) is 143 cm³/mol. The van der Waals surface area contributed by atoms with Crippen LogP contribution in [0.25, 0.3) is 11.2 Å². The molecule has 1 fully saturated rings. The third kappa shape index (κ3) is 6.21. The first-order valence-electron chi connectivity index (χ1n) is 12.3. The molecule has 0 radical (unpaired) electrons. The van der Waals surface area contributed by atoms with Crippen LogP contribution in [0, 0.1) is 5.92 Å². The molecule has 3 heterocycles. The first kappa shape index (κ1) is 28.5. The molecule has 0 bridgehead atoms. The molecule has 0 saturated carbocycles. The normalized spacial score (nSPS) is 23.2. The molecule has 3 aromatic rings. The Bertz CT molecular complexity index is 1360. The average Bonchev–Trinajstić information content (AvgIpc) is 3.47. The highest BCUT2D eigenvalue weighted by Crippen LogP contribution is 2.46. The lowest BCUT2D eigenvalue weighted by Gasteiger charge is -2.24. The number of ether oxygens (including phenoxy) is 2. The highest BCUT2D eigenvalue weighted by molar-refractivity contribution is 7.52. The molecule has 4 rings (SSSR count). The molecule has 5 N–H and O–H groups in total. The number of carbonyl (C=O) groups is 1. The molecular weight excluding hydrogens is 529 g/mol. The number of hydrogen-bond donors (Lipinski definition) is 4. The summed E-state index contributed by atoms with van der Waals surface area (Å²) in [7, 11) is -2.47. The van der Waals surface area contributed by atoms with Gasteiger partial charge in [0.25, 0.3) is 0 Å². The van der Waals surface area contributed by atoms with Gasteiger partial charge in [0.1, 0.15) is 24.1 Å². The van der Waals surface area contributed by atoms with E-state index >= 15 is 0 Å². The Kier molecular flexibility index (Phi) is 8.83. The lowest BCUT2D eigenvalue weighted by atomic mass is 10.00. The van der Waals surface area contributed by atoms with Crippen molar-refractivity contribution in [1.82, 2.24) is 24.6 Å². The Labute approximate surface area is 225 Å². The number of aromatic nitrogens is 4. The number of benzene rings is 1. The highest BCUT2D eigenvalue weighted by atomic mass is 31.2. The number of anilines is 2. The van der Waals surface area contributed by atoms with Gasteiger partial charge in [0.15, 0.2) is 17.0 Å². The Balaban J connectivity index is 1.56. The summed E-state index contributed by atoms with van der Waals surface area (Å²) in [5.41, 5.74) is 6.72. The predicted octanol–water partition coefficient (Wildman–Crippen LogP) is 2.26. The van der Waals surface area contributed by atoms with E-state index in [1.165, 1.54) is 13.3 Å². The second kappa shape index (κ2) is 12.1. The van der Waals surface area contributed by atoms with Crippen LogP contribution < -0.4 is 20.7 Å². The van der Waals surface area contributed by atoms with Gasteiger partial charge in [0.2, 0.25) is 5.95 Å². The van der Waals surface area contributed by atoms with Crippen molar-refractivity contribution in [2.75, 3.05) is 31.3 Å². The second-order valence-corrected chi connectivity index (χ2v) is 10.4. The number of carbonyl (C=O) groups excluding carboxylic acids is 1. The molecular formula is C24H32N7O7P. The number of nitrogens with one attached hydrogen (secondary N) is 2. The monoisotopic (exact) mass is 561 g/mol. The third-order valence-corrected chi connectivity index (χ3v) is 7.65. The summed E-state index contributed by atoms with van der Waals surface area (Å²) < 4.78 is 37.8. The number of imidazole rings is 1. The van der Waals surface area contributed by atoms with Gasteiger partial charge in [0.05, 0.1) is 31.6 Å². The van der Waals surface area contributed by atoms with Crippen molar-refractivity contribution >= 4 is 36.6 Å². The zero-order valence-corrected chi connectivity index (χ0v) is 22.7. The van der Waals surface area contributed by atoms with Crippen LogP contribution in [0.2, 0.25) is 0 Å². The van der Waals surface area contributed by atoms with Crippen LogP contribution in [-0.4, -0.2) is 69.1 Å². The number of fused-ring (bicyclic) bond motifs is 1. The largest absolute Gasteiger partial charge is 0.465 e. The third-order valence-electron chi connectivity index (χ3n) is 6.01. The maximum Gasteiger partial charge on any atom is 0.459 e. The number of esters is 1. The Morgan fingerprint density at radius 3 is 2.77 bits per heavy atom. The van der Waals surface area contributed by atoms with Crippen LogP contribution >= 0.6 is 7.75 Å². The summed E-state index contributed by atoms with van der Waals surface area (Å²) in [5.74, 6) is -0.516. The fourth-order valence-corrected chi connectivity index (χ4v) is 5.65. The first-order valence-corrected chi connectivity index (χ1v) is 13.8. The molecule has 1 aliphatic heterocycles. The number of rotatable bonds is 12. The van der Waals surface area contributed by atoms with E-state index in [1.54, 1.807) is 54.9 Å². The number of nitrogens with two attached hydrogens (primary N) is 1. The minimum absolute atomic E-state index is 0.0305. The summed E-state index contributed by atoms with van der Waals surface area (Å²) in [6.07, 6.45) is 0.219. The summed E-state index contributed by atoms with van der Waals surface area (Å²) in [4.78, 5) is 25.0. The summed E-state index contributed by atoms with van der Waals surface area (Å²) in [5, 5.41) is 16.6. The number of aliphatic hydroxyl groups is 1. The van der Waals surface area contributed by atoms with Crippen molar-refractivity contribution in [3.8, 4) is 5.75 Å². The van der Waals surface area contributed by atoms with Crippen molar-refractivity contribution in [2.45, 2.75) is 38.3 Å². The van der Waals surface area contributed by atoms with Crippen LogP contribution in [0.5, 0.6) is 5.75 Å². The molecule has 2 aromatic heterocycles. The maximum atomic E-state index is 13.7. The Morgan fingerprint density at radius 1 is 1.36 bits per heavy atom. The van der Waals surface area contributed by atoms with Crippen LogP contribution in [-0.2, 0) is 23.4 Å². The van der Waals surface area contributed by atoms with Crippen molar-refractivity contribution in [3.63, 3.8) is 0 Å². The molecule has 1 aromatic carbocycles. The van der Waals surface area contributed by atoms with E-state index in [2.05, 4.69) is 31.9 Å². The fourth-order valence-electron chi connectivity index (χ4n) is 4.14. The molecule has 0 amide bonds. The SMILES string of the molecule is C=C[C@H]1[C@H](O)[C@@H](CO[P@](=O)(N[C@H](C)C(=O)OCC)Oc2ccccc2)O[C@H]1n1cnc2c(NC)nc(N)nc21. The number of hydrogen-bond acceptors (Lipinski definition) is 12. The van der Waals surface area contributed by atoms with E-state index in [-0.39, 0.29) is 24.9 Å². The van der Waals surface area contributed by atoms with Crippen molar-refractivity contribution in [3.05, 3.63) is 49.3 Å². The standard InChI is InChI=1S/C24H32N7O7P/c1-5-16-19(32)17(37-22(16)31-13-27-18-20(26-4)28-24(25)29-21(18)31)12-36-39(34,30-14(3)23(33)35-6-2)38-15-10-8-7-9-11-15/h5,7-11,13-14,16-17,19,22,32H,1,6,12H2,2-4H3,(H,30,34)(H3,25,26,28,29)/t14-,16+,17-,19+,22-,39-/m1/s1. The van der Waals surface area contributed by atoms with Crippen molar-refractivity contribution in [1.29, 1.82) is 0 Å². The molecule has 14 nitrogen and oxygen atoms in total. The zero-order valence-electron chi connectivity index (χ0n) is 21.8. The van der Waals surface area contributed by atoms with Crippen molar-refractivity contribution in [2.24, 2.45) is 5.92 Å². The number of para-hydroxylation sites is 1. The molecule has 0 aliphatic carbocycles. The Morgan fingerprint density at radius 2 is 2.10 bits per heavy atom. The Hall–Kier alpha value is -3.55. The molecule has 1 aliphatic rings. The number of nitrogens with zero attached hydrogens (tertiary/aromatic N) is 4. The van der Waals surface area contributed by atoms with Gasteiger partial charge in [-0.25, -0.2) is 9.55 Å². The van der Waals surface area contributed by atoms with E-state index in [4.69, 9.17) is 24.3 Å². The number of nitrogen functional groups attached to an aromatic ring is 1. The lowest BCUT2D eigenvalue weighted by Crippen LogP contribution is -2.36. The van der Waals surface area contributed by atoms with E-state index in [1.807, 2.05) is 0 Å². The fraction of sp³-hybridized carbons (Fsp3) is 0.417. The summed E-state index contributed by atoms with van der Waals surface area (Å²) in [6.45, 7) is 6.77. The molecule has 0 spiro atoms. The van der Waals surface area contributed by atoms with Gasteiger partial charge < -0.3 is 30.2 Å². The van der Waals surface area contributed by atoms with E-state index in [9.17, 15) is 14.5 Å². The summed E-state index contributed by atoms with van der Waals surface area (Å²) >= 11 is 0. The van der Waals surface area contributed by atoms with Gasteiger partial charge in [-0.15, -0.1) is 6.58 Å². The van der Waals surface area contributed by atoms with Crippen LogP contribution in [0.1, 0.15) is 20.1 Å². The minimum atomic E-state index is -4.15. The molecule has 39 heavy (non-hydrogen) atoms. The summed E-state index contributed by atoms with van der Waals surface area (Å²) in [6, 6.07) is 7.34. The molecule has 15 heteroatoms. The molecule has 0 unspecified atom stereocenters. The van der Waals surface area contributed by atoms with Crippen LogP contribution in [0.3, 0.4) is 0 Å². The van der Waals surface area contributed by atoms with Crippen molar-refractivity contribution < 1.29 is 33.0 Å². The van der Waals surface area contributed by atoms with Crippen LogP contribution in [0.4, 0.5) is 11.8 Å². The van der Waals surface area contributed by atoms with Gasteiger partial charge in [-0.2, -0.15) is 15.1 Å². The van der Waals surface area contributed by atoms with Gasteiger partial charge in [-0.05, 0) is 26.0 Å². The average molecular weight is 562 g/mol. The zero-order chi connectivity index (χ0) is 28.2. The maximum absolute atomic E-state index is 13.7. The van der Waals surface area contributed by atoms with Gasteiger partial charge in [-0.1, -0.05) is 24.3 Å². The van der Waals surface area contributed by atoms with Gasteiger partial charge >= 0.3 is 13.7 Å². The van der Waals surface area contributed by atoms with Gasteiger partial charge in [0, 0.05) is 7.05 Å². The minimum Gasteiger partial charge on any atom is -0.465 e. The molecule has 1 saturated heterocycles. The topological polar surface area (TPSA) is 185 Å². The lowest BCUT2D eigenvalue weighted by molar-refractivity contribution is -0.144. The molecule has 6 atom stereocenters.